The van der Waals surface area contributed by atoms with Gasteiger partial charge in [0.2, 0.25) is 0 Å². The standard InChI is InChI=1S/C27H28N4O3/c1-3-5-17-34-22-14-8-19(9-15-22)18-29-26(32)21-12-10-20(11-13-21)24-27(33)31(4-2)25-23(30-24)7-6-16-28-25/h6-16H,3-5,17-18H2,1-2H3,(H,29,32). The molecule has 34 heavy (non-hydrogen) atoms. The van der Waals surface area contributed by atoms with E-state index in [0.29, 0.717) is 47.7 Å². The van der Waals surface area contributed by atoms with Crippen LogP contribution in [-0.4, -0.2) is 27.0 Å². The first-order valence-corrected chi connectivity index (χ1v) is 11.6. The third-order valence-corrected chi connectivity index (χ3v) is 5.58. The molecule has 0 atom stereocenters. The zero-order chi connectivity index (χ0) is 23.9. The second-order valence-electron chi connectivity index (χ2n) is 7.96. The fraction of sp³-hybridized carbons (Fsp3) is 0.259. The third kappa shape index (κ3) is 5.14. The summed E-state index contributed by atoms with van der Waals surface area (Å²) >= 11 is 0. The predicted octanol–water partition coefficient (Wildman–Crippen LogP) is 4.59. The van der Waals surface area contributed by atoms with Crippen LogP contribution >= 0.6 is 0 Å². The number of hydrogen-bond acceptors (Lipinski definition) is 5. The molecule has 0 fully saturated rings. The Morgan fingerprint density at radius 2 is 1.79 bits per heavy atom. The number of fused-ring (bicyclic) bond motifs is 1. The zero-order valence-electron chi connectivity index (χ0n) is 19.5. The molecule has 4 aromatic rings. The van der Waals surface area contributed by atoms with Gasteiger partial charge in [-0.25, -0.2) is 9.97 Å². The van der Waals surface area contributed by atoms with Gasteiger partial charge in [-0.3, -0.25) is 14.2 Å². The summed E-state index contributed by atoms with van der Waals surface area (Å²) in [5.74, 6) is 0.649. The van der Waals surface area contributed by atoms with Gasteiger partial charge in [0.1, 0.15) is 17.0 Å². The molecule has 0 saturated heterocycles. The number of ether oxygens (including phenoxy) is 1. The van der Waals surface area contributed by atoms with Crippen molar-refractivity contribution in [3.05, 3.63) is 88.3 Å². The maximum atomic E-state index is 13.0. The van der Waals surface area contributed by atoms with Crippen LogP contribution in [0.15, 0.2) is 71.7 Å². The monoisotopic (exact) mass is 456 g/mol. The van der Waals surface area contributed by atoms with Crippen molar-refractivity contribution in [3.63, 3.8) is 0 Å². The highest BCUT2D eigenvalue weighted by Gasteiger charge is 2.13. The fourth-order valence-electron chi connectivity index (χ4n) is 3.66. The van der Waals surface area contributed by atoms with Crippen molar-refractivity contribution in [3.8, 4) is 17.0 Å². The molecular formula is C27H28N4O3. The number of pyridine rings is 1. The lowest BCUT2D eigenvalue weighted by molar-refractivity contribution is 0.0951. The van der Waals surface area contributed by atoms with E-state index >= 15 is 0 Å². The zero-order valence-corrected chi connectivity index (χ0v) is 19.5. The van der Waals surface area contributed by atoms with Gasteiger partial charge in [0, 0.05) is 30.4 Å². The molecule has 1 amide bonds. The van der Waals surface area contributed by atoms with E-state index < -0.39 is 0 Å². The van der Waals surface area contributed by atoms with E-state index in [9.17, 15) is 9.59 Å². The fourth-order valence-corrected chi connectivity index (χ4v) is 3.66. The summed E-state index contributed by atoms with van der Waals surface area (Å²) < 4.78 is 7.28. The minimum Gasteiger partial charge on any atom is -0.494 e. The van der Waals surface area contributed by atoms with Gasteiger partial charge in [0.15, 0.2) is 5.65 Å². The van der Waals surface area contributed by atoms with Crippen LogP contribution in [0, 0.1) is 0 Å². The number of unbranched alkanes of at least 4 members (excludes halogenated alkanes) is 1. The highest BCUT2D eigenvalue weighted by atomic mass is 16.5. The smallest absolute Gasteiger partial charge is 0.278 e. The Morgan fingerprint density at radius 3 is 2.50 bits per heavy atom. The van der Waals surface area contributed by atoms with Gasteiger partial charge in [-0.1, -0.05) is 37.6 Å². The van der Waals surface area contributed by atoms with Gasteiger partial charge in [-0.05, 0) is 55.3 Å². The Labute approximate surface area is 198 Å². The minimum absolute atomic E-state index is 0.184. The highest BCUT2D eigenvalue weighted by Crippen LogP contribution is 2.18. The summed E-state index contributed by atoms with van der Waals surface area (Å²) in [5.41, 5.74) is 3.53. The Morgan fingerprint density at radius 1 is 1.03 bits per heavy atom. The van der Waals surface area contributed by atoms with E-state index in [2.05, 4.69) is 22.2 Å². The summed E-state index contributed by atoms with van der Waals surface area (Å²) in [4.78, 5) is 34.4. The quantitative estimate of drug-likeness (QED) is 0.373. The molecule has 174 valence electrons. The lowest BCUT2D eigenvalue weighted by Crippen LogP contribution is -2.24. The van der Waals surface area contributed by atoms with Gasteiger partial charge in [-0.15, -0.1) is 0 Å². The molecule has 0 radical (unpaired) electrons. The van der Waals surface area contributed by atoms with E-state index in [-0.39, 0.29) is 11.5 Å². The number of carbonyl (C=O) groups is 1. The van der Waals surface area contributed by atoms with Crippen LogP contribution in [0.3, 0.4) is 0 Å². The van der Waals surface area contributed by atoms with Crippen LogP contribution in [0.1, 0.15) is 42.6 Å². The van der Waals surface area contributed by atoms with Gasteiger partial charge < -0.3 is 10.1 Å². The number of carbonyl (C=O) groups excluding carboxylic acids is 1. The SMILES string of the molecule is CCCCOc1ccc(CNC(=O)c2ccc(-c3nc4cccnc4n(CC)c3=O)cc2)cc1. The number of hydrogen-bond donors (Lipinski definition) is 1. The molecule has 7 heteroatoms. The van der Waals surface area contributed by atoms with E-state index in [1.807, 2.05) is 37.3 Å². The van der Waals surface area contributed by atoms with Crippen molar-refractivity contribution in [1.29, 1.82) is 0 Å². The van der Waals surface area contributed by atoms with Gasteiger partial charge in [0.25, 0.3) is 11.5 Å². The molecule has 0 aliphatic carbocycles. The molecule has 0 unspecified atom stereocenters. The topological polar surface area (TPSA) is 86.1 Å². The van der Waals surface area contributed by atoms with Crippen molar-refractivity contribution in [2.45, 2.75) is 39.8 Å². The first-order chi connectivity index (χ1) is 16.6. The summed E-state index contributed by atoms with van der Waals surface area (Å²) in [6.45, 7) is 5.65. The number of rotatable bonds is 9. The van der Waals surface area contributed by atoms with Crippen LogP contribution in [0.2, 0.25) is 0 Å². The maximum absolute atomic E-state index is 13.0. The van der Waals surface area contributed by atoms with Gasteiger partial charge in [-0.2, -0.15) is 0 Å². The molecule has 4 rings (SSSR count). The maximum Gasteiger partial charge on any atom is 0.278 e. The van der Waals surface area contributed by atoms with Crippen LogP contribution in [0.5, 0.6) is 5.75 Å². The molecule has 0 bridgehead atoms. The second kappa shape index (κ2) is 10.7. The Bertz CT molecular complexity index is 1330. The summed E-state index contributed by atoms with van der Waals surface area (Å²) in [5, 5.41) is 2.93. The molecule has 0 spiro atoms. The molecule has 0 aliphatic heterocycles. The Hall–Kier alpha value is -4.00. The Balaban J connectivity index is 1.44. The molecule has 2 aromatic heterocycles. The van der Waals surface area contributed by atoms with Crippen molar-refractivity contribution >= 4 is 17.1 Å². The van der Waals surface area contributed by atoms with E-state index in [1.165, 1.54) is 0 Å². The molecule has 1 N–H and O–H groups in total. The van der Waals surface area contributed by atoms with E-state index in [1.54, 1.807) is 41.1 Å². The van der Waals surface area contributed by atoms with Crippen LogP contribution in [-0.2, 0) is 13.1 Å². The second-order valence-corrected chi connectivity index (χ2v) is 7.96. The summed E-state index contributed by atoms with van der Waals surface area (Å²) in [6, 6.07) is 18.3. The van der Waals surface area contributed by atoms with Crippen molar-refractivity contribution in [2.75, 3.05) is 6.61 Å². The minimum atomic E-state index is -0.201. The Kier molecular flexibility index (Phi) is 7.32. The lowest BCUT2D eigenvalue weighted by Gasteiger charge is -2.10. The van der Waals surface area contributed by atoms with E-state index in [0.717, 1.165) is 24.2 Å². The summed E-state index contributed by atoms with van der Waals surface area (Å²) in [7, 11) is 0. The predicted molar refractivity (Wildman–Crippen MR) is 133 cm³/mol. The number of amides is 1. The van der Waals surface area contributed by atoms with Gasteiger partial charge in [0.05, 0.1) is 6.61 Å². The molecule has 0 saturated carbocycles. The van der Waals surface area contributed by atoms with Crippen molar-refractivity contribution < 1.29 is 9.53 Å². The van der Waals surface area contributed by atoms with Crippen molar-refractivity contribution in [1.82, 2.24) is 19.9 Å². The number of nitrogens with zero attached hydrogens (tertiary/aromatic N) is 3. The lowest BCUT2D eigenvalue weighted by atomic mass is 10.1. The third-order valence-electron chi connectivity index (χ3n) is 5.58. The molecule has 7 nitrogen and oxygen atoms in total. The number of aryl methyl sites for hydroxylation is 1. The summed E-state index contributed by atoms with van der Waals surface area (Å²) in [6.07, 6.45) is 3.77. The number of benzene rings is 2. The first-order valence-electron chi connectivity index (χ1n) is 11.6. The normalized spacial score (nSPS) is 10.9. The first kappa shape index (κ1) is 23.2. The van der Waals surface area contributed by atoms with Crippen LogP contribution < -0.4 is 15.6 Å². The van der Waals surface area contributed by atoms with Gasteiger partial charge >= 0.3 is 0 Å². The van der Waals surface area contributed by atoms with Crippen molar-refractivity contribution in [2.24, 2.45) is 0 Å². The number of aromatic nitrogens is 3. The molecule has 2 heterocycles. The number of nitrogens with one attached hydrogen (secondary N) is 1. The van der Waals surface area contributed by atoms with Crippen LogP contribution in [0.25, 0.3) is 22.4 Å². The average Bonchev–Trinajstić information content (AvgIpc) is 2.88. The molecular weight excluding hydrogens is 428 g/mol. The average molecular weight is 457 g/mol. The van der Waals surface area contributed by atoms with E-state index in [4.69, 9.17) is 4.74 Å². The molecule has 2 aromatic carbocycles. The van der Waals surface area contributed by atoms with Crippen LogP contribution in [0.4, 0.5) is 0 Å². The highest BCUT2D eigenvalue weighted by molar-refractivity contribution is 5.94. The largest absolute Gasteiger partial charge is 0.494 e. The molecule has 0 aliphatic rings.